The molecule has 0 aromatic heterocycles. The number of nitrogens with two attached hydrogens (primary N) is 1. The Labute approximate surface area is 196 Å². The number of benzene rings is 3. The number of nitrogens with zero attached hydrogens (tertiary/aromatic N) is 2. The summed E-state index contributed by atoms with van der Waals surface area (Å²) < 4.78 is 0. The molecule has 0 fully saturated rings. The minimum atomic E-state index is -0.500. The topological polar surface area (TPSA) is 114 Å². The number of hydrogen-bond acceptors (Lipinski definition) is 4. The van der Waals surface area contributed by atoms with Crippen molar-refractivity contribution in [2.24, 2.45) is 15.7 Å². The first-order chi connectivity index (χ1) is 16.5. The van der Waals surface area contributed by atoms with Crippen LogP contribution in [0.5, 0.6) is 0 Å². The first-order valence-corrected chi connectivity index (χ1v) is 10.4. The zero-order valence-corrected chi connectivity index (χ0v) is 18.0. The van der Waals surface area contributed by atoms with Crippen LogP contribution in [-0.4, -0.2) is 29.1 Å². The van der Waals surface area contributed by atoms with Crippen molar-refractivity contribution < 1.29 is 14.4 Å². The van der Waals surface area contributed by atoms with Crippen LogP contribution >= 0.6 is 0 Å². The van der Waals surface area contributed by atoms with Gasteiger partial charge < -0.3 is 11.1 Å². The van der Waals surface area contributed by atoms with Gasteiger partial charge >= 0.3 is 0 Å². The number of nitrogens with one attached hydrogen (secondary N) is 1. The van der Waals surface area contributed by atoms with Gasteiger partial charge in [0.2, 0.25) is 0 Å². The van der Waals surface area contributed by atoms with Gasteiger partial charge in [-0.2, -0.15) is 0 Å². The molecule has 1 aliphatic rings. The summed E-state index contributed by atoms with van der Waals surface area (Å²) in [5, 5.41) is 2.75. The van der Waals surface area contributed by atoms with E-state index >= 15 is 0 Å². The maximum atomic E-state index is 12.8. The van der Waals surface area contributed by atoms with Crippen molar-refractivity contribution >= 4 is 29.1 Å². The lowest BCUT2D eigenvalue weighted by molar-refractivity contribution is 0.0963. The summed E-state index contributed by atoms with van der Waals surface area (Å²) in [6.45, 7) is 0. The van der Waals surface area contributed by atoms with Crippen molar-refractivity contribution in [2.45, 2.75) is 0 Å². The van der Waals surface area contributed by atoms with E-state index in [2.05, 4.69) is 15.3 Å². The summed E-state index contributed by atoms with van der Waals surface area (Å²) in [5.74, 6) is -1.40. The van der Waals surface area contributed by atoms with Crippen LogP contribution in [0.2, 0.25) is 0 Å². The Balaban J connectivity index is 1.71. The van der Waals surface area contributed by atoms with Gasteiger partial charge in [0, 0.05) is 16.7 Å². The van der Waals surface area contributed by atoms with Crippen LogP contribution in [0.1, 0.15) is 31.1 Å². The van der Waals surface area contributed by atoms with E-state index in [0.29, 0.717) is 16.7 Å². The molecular formula is C27H20N4O3. The molecule has 34 heavy (non-hydrogen) atoms. The molecule has 7 nitrogen and oxygen atoms in total. The van der Waals surface area contributed by atoms with Crippen LogP contribution in [0.3, 0.4) is 0 Å². The maximum Gasteiger partial charge on any atom is 0.277 e. The van der Waals surface area contributed by atoms with Crippen molar-refractivity contribution in [3.8, 4) is 0 Å². The second-order valence-electron chi connectivity index (χ2n) is 7.31. The van der Waals surface area contributed by atoms with Gasteiger partial charge in [-0.15, -0.1) is 0 Å². The lowest BCUT2D eigenvalue weighted by atomic mass is 10.0. The van der Waals surface area contributed by atoms with Gasteiger partial charge in [0.1, 0.15) is 0 Å². The highest BCUT2D eigenvalue weighted by molar-refractivity contribution is 6.28. The first-order valence-electron chi connectivity index (χ1n) is 10.4. The molecule has 0 unspecified atom stereocenters. The second kappa shape index (κ2) is 10.1. The van der Waals surface area contributed by atoms with Gasteiger partial charge in [-0.05, 0) is 48.6 Å². The average molecular weight is 448 g/mol. The Bertz CT molecular complexity index is 1360. The number of carbonyl (C=O) groups is 3. The van der Waals surface area contributed by atoms with Crippen LogP contribution < -0.4 is 11.1 Å². The van der Waals surface area contributed by atoms with E-state index in [1.807, 2.05) is 0 Å². The normalized spacial score (nSPS) is 15.4. The lowest BCUT2D eigenvalue weighted by Gasteiger charge is -2.16. The standard InChI is InChI=1S/C27H20N4O3/c28-21-16-23(30-26(33)19-12-6-2-7-13-19)24(31-27(34)20-14-8-3-9-15-20)17-22(21)29-25(32)18-10-4-1-5-11-18/h1-17H,28H2,(H,31,34). The minimum absolute atomic E-state index is 0.140. The summed E-state index contributed by atoms with van der Waals surface area (Å²) >= 11 is 0. The molecule has 0 radical (unpaired) electrons. The summed E-state index contributed by atoms with van der Waals surface area (Å²) in [6, 6.07) is 25.6. The first kappa shape index (κ1) is 22.3. The molecular weight excluding hydrogens is 428 g/mol. The van der Waals surface area contributed by atoms with Crippen molar-refractivity contribution in [3.05, 3.63) is 131 Å². The van der Waals surface area contributed by atoms with E-state index in [0.717, 1.165) is 0 Å². The van der Waals surface area contributed by atoms with E-state index < -0.39 is 17.7 Å². The molecule has 3 N–H and O–H groups in total. The molecule has 1 aliphatic carbocycles. The zero-order valence-electron chi connectivity index (χ0n) is 18.0. The molecule has 0 heterocycles. The molecule has 7 heteroatoms. The molecule has 0 atom stereocenters. The molecule has 0 spiro atoms. The van der Waals surface area contributed by atoms with Crippen LogP contribution in [0, 0.1) is 0 Å². The summed E-state index contributed by atoms with van der Waals surface area (Å²) in [5.41, 5.74) is 7.99. The van der Waals surface area contributed by atoms with E-state index in [9.17, 15) is 14.4 Å². The van der Waals surface area contributed by atoms with Crippen LogP contribution in [0.15, 0.2) is 125 Å². The summed E-state index contributed by atoms with van der Waals surface area (Å²) in [4.78, 5) is 46.3. The Morgan fingerprint density at radius 2 is 1.03 bits per heavy atom. The fraction of sp³-hybridized carbons (Fsp3) is 0. The van der Waals surface area contributed by atoms with Crippen LogP contribution in [-0.2, 0) is 0 Å². The number of carbonyl (C=O) groups excluding carboxylic acids is 3. The highest BCUT2D eigenvalue weighted by Gasteiger charge is 2.21. The molecule has 0 aliphatic heterocycles. The van der Waals surface area contributed by atoms with Gasteiger partial charge in [-0.1, -0.05) is 54.6 Å². The fourth-order valence-electron chi connectivity index (χ4n) is 3.18. The maximum absolute atomic E-state index is 12.8. The highest BCUT2D eigenvalue weighted by Crippen LogP contribution is 2.14. The Hall–Kier alpha value is -4.91. The molecule has 3 aromatic rings. The lowest BCUT2D eigenvalue weighted by Crippen LogP contribution is -2.32. The van der Waals surface area contributed by atoms with Gasteiger partial charge in [-0.3, -0.25) is 14.4 Å². The Morgan fingerprint density at radius 3 is 1.53 bits per heavy atom. The molecule has 3 amide bonds. The van der Waals surface area contributed by atoms with Crippen molar-refractivity contribution in [3.63, 3.8) is 0 Å². The summed E-state index contributed by atoms with van der Waals surface area (Å²) in [6.07, 6.45) is 2.85. The van der Waals surface area contributed by atoms with Crippen molar-refractivity contribution in [2.75, 3.05) is 0 Å². The Kier molecular flexibility index (Phi) is 6.65. The highest BCUT2D eigenvalue weighted by atomic mass is 16.2. The number of allylic oxidation sites excluding steroid dienone is 2. The fourth-order valence-corrected chi connectivity index (χ4v) is 3.18. The zero-order chi connectivity index (χ0) is 23.9. The molecule has 4 rings (SSSR count). The smallest absolute Gasteiger partial charge is 0.277 e. The average Bonchev–Trinajstić information content (AvgIpc) is 2.88. The van der Waals surface area contributed by atoms with Gasteiger partial charge in [-0.25, -0.2) is 9.98 Å². The third kappa shape index (κ3) is 5.28. The number of hydrogen-bond donors (Lipinski definition) is 2. The molecule has 166 valence electrons. The predicted molar refractivity (Wildman–Crippen MR) is 131 cm³/mol. The molecule has 0 saturated heterocycles. The molecule has 3 aromatic carbocycles. The van der Waals surface area contributed by atoms with E-state index in [1.54, 1.807) is 91.0 Å². The van der Waals surface area contributed by atoms with E-state index in [-0.39, 0.29) is 22.8 Å². The van der Waals surface area contributed by atoms with Crippen LogP contribution in [0.25, 0.3) is 0 Å². The van der Waals surface area contributed by atoms with E-state index in [4.69, 9.17) is 5.73 Å². The number of amides is 3. The number of rotatable bonds is 4. The van der Waals surface area contributed by atoms with Gasteiger partial charge in [0.25, 0.3) is 17.7 Å². The third-order valence-electron chi connectivity index (χ3n) is 4.91. The third-order valence-corrected chi connectivity index (χ3v) is 4.91. The van der Waals surface area contributed by atoms with Gasteiger partial charge in [0.05, 0.1) is 22.8 Å². The van der Waals surface area contributed by atoms with Crippen LogP contribution in [0.4, 0.5) is 0 Å². The molecule has 0 saturated carbocycles. The van der Waals surface area contributed by atoms with E-state index in [1.165, 1.54) is 12.2 Å². The number of aliphatic imine (C=N–C) groups is 2. The largest absolute Gasteiger partial charge is 0.397 e. The predicted octanol–water partition coefficient (Wildman–Crippen LogP) is 3.72. The van der Waals surface area contributed by atoms with Gasteiger partial charge in [0.15, 0.2) is 0 Å². The summed E-state index contributed by atoms with van der Waals surface area (Å²) in [7, 11) is 0. The molecule has 0 bridgehead atoms. The van der Waals surface area contributed by atoms with Crippen molar-refractivity contribution in [1.29, 1.82) is 0 Å². The second-order valence-corrected chi connectivity index (χ2v) is 7.31. The van der Waals surface area contributed by atoms with Crippen molar-refractivity contribution in [1.82, 2.24) is 5.32 Å². The monoisotopic (exact) mass is 448 g/mol. The minimum Gasteiger partial charge on any atom is -0.397 e. The Morgan fingerprint density at radius 1 is 0.588 bits per heavy atom. The quantitative estimate of drug-likeness (QED) is 0.592. The SMILES string of the molecule is NC1=CC(=NC(=O)c2ccccc2)C(NC(=O)c2ccccc2)=CC1=NC(=O)c1ccccc1.